The van der Waals surface area contributed by atoms with Crippen molar-refractivity contribution in [2.75, 3.05) is 11.5 Å². The van der Waals surface area contributed by atoms with Crippen LogP contribution in [-0.2, 0) is 4.79 Å². The summed E-state index contributed by atoms with van der Waals surface area (Å²) in [5, 5.41) is 0. The lowest BCUT2D eigenvalue weighted by Crippen LogP contribution is -2.20. The van der Waals surface area contributed by atoms with E-state index in [2.05, 4.69) is 20.8 Å². The van der Waals surface area contributed by atoms with Gasteiger partial charge in [0, 0.05) is 17.6 Å². The van der Waals surface area contributed by atoms with E-state index >= 15 is 0 Å². The highest BCUT2D eigenvalue weighted by Gasteiger charge is 2.20. The number of hydrogen-bond donors (Lipinski definition) is 0. The molecule has 0 rings (SSSR count). The van der Waals surface area contributed by atoms with Crippen LogP contribution in [-0.4, -0.2) is 17.3 Å². The van der Waals surface area contributed by atoms with E-state index in [-0.39, 0.29) is 5.41 Å². The average Bonchev–Trinajstić information content (AvgIpc) is 1.93. The van der Waals surface area contributed by atoms with Gasteiger partial charge in [-0.05, 0) is 11.2 Å². The Bertz CT molecular complexity index is 183. The van der Waals surface area contributed by atoms with Crippen molar-refractivity contribution in [3.63, 3.8) is 0 Å². The van der Waals surface area contributed by atoms with E-state index in [1.807, 2.05) is 32.5 Å². The minimum atomic E-state index is -0.164. The predicted octanol–water partition coefficient (Wildman–Crippen LogP) is 3.77. The van der Waals surface area contributed by atoms with E-state index in [1.165, 1.54) is 0 Å². The number of carbonyl (C=O) groups is 1. The Hall–Kier alpha value is 0.0200. The third-order valence-electron chi connectivity index (χ3n) is 1.85. The first-order chi connectivity index (χ1) is 6.13. The second-order valence-electron chi connectivity index (χ2n) is 6.04. The maximum Gasteiger partial charge on any atom is 0.139 e. The highest BCUT2D eigenvalue weighted by atomic mass is 32.2. The second kappa shape index (κ2) is 5.20. The summed E-state index contributed by atoms with van der Waals surface area (Å²) in [6, 6.07) is 0. The first-order valence-corrected chi connectivity index (χ1v) is 6.39. The molecule has 0 fully saturated rings. The van der Waals surface area contributed by atoms with Gasteiger partial charge in [-0.3, -0.25) is 4.79 Å². The SMILES string of the molecule is CC(C)(C)CSCCC(=O)C(C)(C)C. The van der Waals surface area contributed by atoms with Crippen molar-refractivity contribution in [1.29, 1.82) is 0 Å². The molecule has 0 amide bonds. The maximum atomic E-state index is 11.6. The second-order valence-corrected chi connectivity index (χ2v) is 7.14. The van der Waals surface area contributed by atoms with Crippen LogP contribution in [0.25, 0.3) is 0 Å². The molecule has 14 heavy (non-hydrogen) atoms. The van der Waals surface area contributed by atoms with Crippen LogP contribution in [0.1, 0.15) is 48.0 Å². The van der Waals surface area contributed by atoms with E-state index in [4.69, 9.17) is 0 Å². The predicted molar refractivity (Wildman–Crippen MR) is 65.9 cm³/mol. The zero-order chi connectivity index (χ0) is 11.4. The molecule has 0 aromatic heterocycles. The summed E-state index contributed by atoms with van der Waals surface area (Å²) < 4.78 is 0. The lowest BCUT2D eigenvalue weighted by atomic mass is 9.89. The molecule has 0 aliphatic carbocycles. The molecule has 0 spiro atoms. The molecule has 0 unspecified atom stereocenters. The summed E-state index contributed by atoms with van der Waals surface area (Å²) >= 11 is 1.88. The summed E-state index contributed by atoms with van der Waals surface area (Å²) in [5.74, 6) is 2.47. The van der Waals surface area contributed by atoms with Crippen molar-refractivity contribution < 1.29 is 4.79 Å². The third kappa shape index (κ3) is 7.43. The highest BCUT2D eigenvalue weighted by molar-refractivity contribution is 7.99. The quantitative estimate of drug-likeness (QED) is 0.665. The summed E-state index contributed by atoms with van der Waals surface area (Å²) in [4.78, 5) is 11.6. The molecule has 0 radical (unpaired) electrons. The molecule has 0 saturated carbocycles. The van der Waals surface area contributed by atoms with E-state index < -0.39 is 0 Å². The molecule has 0 N–H and O–H groups in total. The first kappa shape index (κ1) is 14.0. The molecule has 0 aliphatic rings. The van der Waals surface area contributed by atoms with Gasteiger partial charge in [0.1, 0.15) is 5.78 Å². The molecular formula is C12H24OS. The van der Waals surface area contributed by atoms with Crippen molar-refractivity contribution >= 4 is 17.5 Å². The lowest BCUT2D eigenvalue weighted by Gasteiger charge is -2.19. The van der Waals surface area contributed by atoms with Gasteiger partial charge in [-0.15, -0.1) is 0 Å². The van der Waals surface area contributed by atoms with Gasteiger partial charge in [-0.25, -0.2) is 0 Å². The number of carbonyl (C=O) groups excluding carboxylic acids is 1. The van der Waals surface area contributed by atoms with Gasteiger partial charge in [-0.2, -0.15) is 11.8 Å². The van der Waals surface area contributed by atoms with Crippen molar-refractivity contribution in [1.82, 2.24) is 0 Å². The van der Waals surface area contributed by atoms with Crippen LogP contribution in [0.5, 0.6) is 0 Å². The largest absolute Gasteiger partial charge is 0.299 e. The standard InChI is InChI=1S/C12H24OS/c1-11(2,3)9-14-8-7-10(13)12(4,5)6/h7-9H2,1-6H3. The fourth-order valence-corrected chi connectivity index (χ4v) is 2.00. The van der Waals surface area contributed by atoms with E-state index in [0.29, 0.717) is 17.6 Å². The van der Waals surface area contributed by atoms with Crippen LogP contribution in [0.3, 0.4) is 0 Å². The molecule has 1 nitrogen and oxygen atoms in total. The van der Waals surface area contributed by atoms with Gasteiger partial charge in [0.05, 0.1) is 0 Å². The van der Waals surface area contributed by atoms with Gasteiger partial charge in [0.15, 0.2) is 0 Å². The van der Waals surface area contributed by atoms with Crippen LogP contribution in [0, 0.1) is 10.8 Å². The lowest BCUT2D eigenvalue weighted by molar-refractivity contribution is -0.125. The van der Waals surface area contributed by atoms with Crippen LogP contribution in [0.2, 0.25) is 0 Å². The highest BCUT2D eigenvalue weighted by Crippen LogP contribution is 2.23. The molecule has 0 atom stereocenters. The molecule has 2 heteroatoms. The fraction of sp³-hybridized carbons (Fsp3) is 0.917. The van der Waals surface area contributed by atoms with Crippen LogP contribution in [0.15, 0.2) is 0 Å². The number of Topliss-reactive ketones (excluding diaryl/α,β-unsaturated/α-hetero) is 1. The molecular weight excluding hydrogens is 192 g/mol. The van der Waals surface area contributed by atoms with Crippen molar-refractivity contribution in [3.8, 4) is 0 Å². The van der Waals surface area contributed by atoms with Crippen LogP contribution in [0.4, 0.5) is 0 Å². The number of thioether (sulfide) groups is 1. The minimum Gasteiger partial charge on any atom is -0.299 e. The maximum absolute atomic E-state index is 11.6. The zero-order valence-corrected chi connectivity index (χ0v) is 11.3. The van der Waals surface area contributed by atoms with E-state index in [0.717, 1.165) is 11.5 Å². The van der Waals surface area contributed by atoms with Crippen LogP contribution < -0.4 is 0 Å². The zero-order valence-electron chi connectivity index (χ0n) is 10.4. The molecule has 84 valence electrons. The molecule has 0 saturated heterocycles. The Balaban J connectivity index is 3.62. The average molecular weight is 216 g/mol. The number of rotatable bonds is 4. The Labute approximate surface area is 93.0 Å². The Morgan fingerprint density at radius 2 is 1.57 bits per heavy atom. The Kier molecular flexibility index (Phi) is 5.21. The van der Waals surface area contributed by atoms with Gasteiger partial charge in [0.25, 0.3) is 0 Å². The first-order valence-electron chi connectivity index (χ1n) is 5.24. The molecule has 0 heterocycles. The summed E-state index contributed by atoms with van der Waals surface area (Å²) in [6.45, 7) is 12.7. The van der Waals surface area contributed by atoms with Gasteiger partial charge < -0.3 is 0 Å². The minimum absolute atomic E-state index is 0.164. The Morgan fingerprint density at radius 1 is 1.07 bits per heavy atom. The topological polar surface area (TPSA) is 17.1 Å². The van der Waals surface area contributed by atoms with Gasteiger partial charge in [0.2, 0.25) is 0 Å². The monoisotopic (exact) mass is 216 g/mol. The fourth-order valence-electron chi connectivity index (χ4n) is 0.918. The van der Waals surface area contributed by atoms with Gasteiger partial charge >= 0.3 is 0 Å². The Morgan fingerprint density at radius 3 is 1.93 bits per heavy atom. The summed E-state index contributed by atoms with van der Waals surface area (Å²) in [5.41, 5.74) is 0.206. The van der Waals surface area contributed by atoms with Crippen molar-refractivity contribution in [2.24, 2.45) is 10.8 Å². The van der Waals surface area contributed by atoms with Crippen LogP contribution >= 0.6 is 11.8 Å². The summed E-state index contributed by atoms with van der Waals surface area (Å²) in [6.07, 6.45) is 0.713. The number of ketones is 1. The third-order valence-corrected chi connectivity index (χ3v) is 3.41. The molecule has 0 bridgehead atoms. The normalized spacial score (nSPS) is 13.0. The number of hydrogen-bond acceptors (Lipinski definition) is 2. The molecule has 0 aromatic rings. The smallest absolute Gasteiger partial charge is 0.139 e. The van der Waals surface area contributed by atoms with E-state index in [9.17, 15) is 4.79 Å². The molecule has 0 aliphatic heterocycles. The van der Waals surface area contributed by atoms with E-state index in [1.54, 1.807) is 0 Å². The van der Waals surface area contributed by atoms with Crippen molar-refractivity contribution in [3.05, 3.63) is 0 Å². The molecule has 0 aromatic carbocycles. The van der Waals surface area contributed by atoms with Crippen molar-refractivity contribution in [2.45, 2.75) is 48.0 Å². The van der Waals surface area contributed by atoms with Gasteiger partial charge in [-0.1, -0.05) is 41.5 Å². The summed E-state index contributed by atoms with van der Waals surface area (Å²) in [7, 11) is 0.